The number of sulfonamides is 1. The predicted molar refractivity (Wildman–Crippen MR) is 86.8 cm³/mol. The second-order valence-corrected chi connectivity index (χ2v) is 8.16. The molecule has 1 aromatic carbocycles. The topological polar surface area (TPSA) is 49.4 Å². The number of hydrogen-bond acceptors (Lipinski definition) is 3. The molecule has 0 spiro atoms. The van der Waals surface area contributed by atoms with Gasteiger partial charge in [0.2, 0.25) is 10.0 Å². The van der Waals surface area contributed by atoms with Crippen molar-refractivity contribution in [2.45, 2.75) is 48.8 Å². The lowest BCUT2D eigenvalue weighted by molar-refractivity contribution is -0.127. The summed E-state index contributed by atoms with van der Waals surface area (Å²) < 4.78 is 63.9. The maximum Gasteiger partial charge on any atom is 0.393 e. The van der Waals surface area contributed by atoms with Gasteiger partial charge >= 0.3 is 6.18 Å². The van der Waals surface area contributed by atoms with Gasteiger partial charge in [0.1, 0.15) is 0 Å². The van der Waals surface area contributed by atoms with Gasteiger partial charge in [0.15, 0.2) is 0 Å². The van der Waals surface area contributed by atoms with Crippen LogP contribution in [-0.4, -0.2) is 44.1 Å². The van der Waals surface area contributed by atoms with Crippen molar-refractivity contribution in [3.8, 4) is 0 Å². The van der Waals surface area contributed by atoms with Gasteiger partial charge in [0.25, 0.3) is 0 Å². The van der Waals surface area contributed by atoms with Gasteiger partial charge in [-0.3, -0.25) is 0 Å². The third-order valence-corrected chi connectivity index (χ3v) is 6.33. The van der Waals surface area contributed by atoms with Crippen LogP contribution in [0.5, 0.6) is 0 Å². The Morgan fingerprint density at radius 1 is 1.08 bits per heavy atom. The molecule has 136 valence electrons. The molecule has 0 radical (unpaired) electrons. The predicted octanol–water partition coefficient (Wildman–Crippen LogP) is 2.73. The molecule has 4 nitrogen and oxygen atoms in total. The summed E-state index contributed by atoms with van der Waals surface area (Å²) in [7, 11) is -3.66. The first-order valence-electron chi connectivity index (χ1n) is 7.66. The van der Waals surface area contributed by atoms with Gasteiger partial charge in [0, 0.05) is 25.2 Å². The molecule has 0 saturated carbocycles. The van der Waals surface area contributed by atoms with Crippen LogP contribution in [0.3, 0.4) is 0 Å². The first-order chi connectivity index (χ1) is 10.7. The number of nitrogens with zero attached hydrogens (tertiary/aromatic N) is 1. The van der Waals surface area contributed by atoms with Crippen molar-refractivity contribution in [1.29, 1.82) is 0 Å². The molecule has 2 aliphatic heterocycles. The summed E-state index contributed by atoms with van der Waals surface area (Å²) in [4.78, 5) is 0.0567. The minimum atomic E-state index is -4.30. The van der Waals surface area contributed by atoms with Gasteiger partial charge in [-0.2, -0.15) is 17.5 Å². The maximum atomic E-state index is 12.7. The largest absolute Gasteiger partial charge is 0.393 e. The summed E-state index contributed by atoms with van der Waals surface area (Å²) in [5.41, 5.74) is 0.0630. The molecule has 2 heterocycles. The molecule has 2 unspecified atom stereocenters. The molecule has 2 saturated heterocycles. The molecule has 0 aromatic heterocycles. The van der Waals surface area contributed by atoms with E-state index in [1.165, 1.54) is 28.6 Å². The summed E-state index contributed by atoms with van der Waals surface area (Å²) in [5, 5.41) is 3.41. The minimum absolute atomic E-state index is 0. The lowest BCUT2D eigenvalue weighted by Gasteiger charge is -2.23. The molecular weight excluding hydrogens is 365 g/mol. The first-order valence-corrected chi connectivity index (χ1v) is 9.10. The van der Waals surface area contributed by atoms with Crippen LogP contribution >= 0.6 is 12.4 Å². The number of alkyl halides is 3. The van der Waals surface area contributed by atoms with Gasteiger partial charge in [-0.05, 0) is 37.0 Å². The van der Waals surface area contributed by atoms with Crippen molar-refractivity contribution in [2.24, 2.45) is 0 Å². The Morgan fingerprint density at radius 2 is 1.71 bits per heavy atom. The molecule has 24 heavy (non-hydrogen) atoms. The highest BCUT2D eigenvalue weighted by atomic mass is 35.5. The Labute approximate surface area is 145 Å². The zero-order valence-electron chi connectivity index (χ0n) is 12.9. The zero-order chi connectivity index (χ0) is 16.7. The van der Waals surface area contributed by atoms with Crippen molar-refractivity contribution in [2.75, 3.05) is 13.1 Å². The Balaban J connectivity index is 0.00000208. The highest BCUT2D eigenvalue weighted by Crippen LogP contribution is 2.26. The molecule has 9 heteroatoms. The van der Waals surface area contributed by atoms with Crippen molar-refractivity contribution < 1.29 is 21.6 Å². The molecule has 2 fully saturated rings. The number of hydrogen-bond donors (Lipinski definition) is 1. The van der Waals surface area contributed by atoms with E-state index >= 15 is 0 Å². The fourth-order valence-electron chi connectivity index (χ4n) is 3.29. The average Bonchev–Trinajstić information content (AvgIpc) is 2.76. The van der Waals surface area contributed by atoms with E-state index in [9.17, 15) is 21.6 Å². The quantitative estimate of drug-likeness (QED) is 0.871. The molecular formula is C15H20ClF3N2O2S. The second kappa shape index (κ2) is 7.19. The average molecular weight is 385 g/mol. The van der Waals surface area contributed by atoms with Crippen LogP contribution in [0.15, 0.2) is 29.2 Å². The Hall–Kier alpha value is -0.830. The summed E-state index contributed by atoms with van der Waals surface area (Å²) in [5.74, 6) is 0. The van der Waals surface area contributed by atoms with Gasteiger partial charge in [-0.15, -0.1) is 12.4 Å². The van der Waals surface area contributed by atoms with E-state index in [1.54, 1.807) is 0 Å². The second-order valence-electron chi connectivity index (χ2n) is 6.23. The van der Waals surface area contributed by atoms with E-state index in [0.29, 0.717) is 19.1 Å². The summed E-state index contributed by atoms with van der Waals surface area (Å²) in [6, 6.07) is 5.56. The summed E-state index contributed by atoms with van der Waals surface area (Å²) in [6.07, 6.45) is -2.55. The standard InChI is InChI=1S/C15H19F3N2O2S.ClH/c16-15(17,18)9-11-1-5-14(6-2-11)23(21,22)20-8-7-12-3-4-13(10-20)19-12;/h1-2,5-6,12-13,19H,3-4,7-10H2;1H. The molecule has 0 aliphatic carbocycles. The minimum Gasteiger partial charge on any atom is -0.310 e. The van der Waals surface area contributed by atoms with Gasteiger partial charge in [0.05, 0.1) is 11.3 Å². The van der Waals surface area contributed by atoms with Crippen molar-refractivity contribution >= 4 is 22.4 Å². The van der Waals surface area contributed by atoms with Crippen LogP contribution in [0.25, 0.3) is 0 Å². The highest BCUT2D eigenvalue weighted by molar-refractivity contribution is 7.89. The molecule has 1 N–H and O–H groups in total. The Kier molecular flexibility index (Phi) is 5.84. The van der Waals surface area contributed by atoms with Gasteiger partial charge in [-0.25, -0.2) is 8.42 Å². The zero-order valence-corrected chi connectivity index (χ0v) is 14.6. The van der Waals surface area contributed by atoms with E-state index < -0.39 is 22.6 Å². The third-order valence-electron chi connectivity index (χ3n) is 4.45. The lowest BCUT2D eigenvalue weighted by atomic mass is 10.1. The normalized spacial score (nSPS) is 25.1. The number of rotatable bonds is 3. The summed E-state index contributed by atoms with van der Waals surface area (Å²) in [6.45, 7) is 0.865. The smallest absolute Gasteiger partial charge is 0.310 e. The number of nitrogens with one attached hydrogen (secondary N) is 1. The Morgan fingerprint density at radius 3 is 2.33 bits per heavy atom. The molecule has 2 aliphatic rings. The third kappa shape index (κ3) is 4.41. The van der Waals surface area contributed by atoms with Crippen molar-refractivity contribution in [1.82, 2.24) is 9.62 Å². The van der Waals surface area contributed by atoms with Gasteiger partial charge < -0.3 is 5.32 Å². The van der Waals surface area contributed by atoms with Crippen LogP contribution in [0.1, 0.15) is 24.8 Å². The number of benzene rings is 1. The van der Waals surface area contributed by atoms with E-state index in [2.05, 4.69) is 5.32 Å². The fourth-order valence-corrected chi connectivity index (χ4v) is 4.79. The van der Waals surface area contributed by atoms with E-state index in [0.717, 1.165) is 19.3 Å². The molecule has 3 rings (SSSR count). The molecule has 0 amide bonds. The summed E-state index contributed by atoms with van der Waals surface area (Å²) >= 11 is 0. The fraction of sp³-hybridized carbons (Fsp3) is 0.600. The number of halogens is 4. The van der Waals surface area contributed by atoms with E-state index in [4.69, 9.17) is 0 Å². The first kappa shape index (κ1) is 19.5. The Bertz CT molecular complexity index is 664. The van der Waals surface area contributed by atoms with Crippen LogP contribution in [0.2, 0.25) is 0 Å². The monoisotopic (exact) mass is 384 g/mol. The highest BCUT2D eigenvalue weighted by Gasteiger charge is 2.35. The lowest BCUT2D eigenvalue weighted by Crippen LogP contribution is -2.39. The van der Waals surface area contributed by atoms with E-state index in [-0.39, 0.29) is 28.9 Å². The molecule has 1 aromatic rings. The van der Waals surface area contributed by atoms with Crippen LogP contribution in [-0.2, 0) is 16.4 Å². The van der Waals surface area contributed by atoms with Crippen LogP contribution in [0, 0.1) is 0 Å². The molecule has 2 atom stereocenters. The van der Waals surface area contributed by atoms with Crippen LogP contribution in [0.4, 0.5) is 13.2 Å². The van der Waals surface area contributed by atoms with Crippen LogP contribution < -0.4 is 5.32 Å². The van der Waals surface area contributed by atoms with Crippen molar-refractivity contribution in [3.05, 3.63) is 29.8 Å². The number of fused-ring (bicyclic) bond motifs is 2. The SMILES string of the molecule is Cl.O=S(=O)(c1ccc(CC(F)(F)F)cc1)N1CCC2CCC(C1)N2. The van der Waals surface area contributed by atoms with E-state index in [1.807, 2.05) is 0 Å². The molecule has 2 bridgehead atoms. The van der Waals surface area contributed by atoms with Crippen molar-refractivity contribution in [3.63, 3.8) is 0 Å². The maximum absolute atomic E-state index is 12.7. The van der Waals surface area contributed by atoms with Gasteiger partial charge in [-0.1, -0.05) is 12.1 Å².